The molecule has 0 aromatic heterocycles. The minimum Gasteiger partial charge on any atom is -0.480 e. The molecule has 26 nitrogen and oxygen atoms in total. The molecule has 402 valence electrons. The van der Waals surface area contributed by atoms with Crippen LogP contribution in [0.2, 0.25) is 0 Å². The molecule has 5 rings (SSSR count). The molecule has 2 aromatic carbocycles. The van der Waals surface area contributed by atoms with Crippen molar-refractivity contribution in [3.05, 3.63) is 71.3 Å². The van der Waals surface area contributed by atoms with E-state index in [0.717, 1.165) is 4.90 Å². The Bertz CT molecular complexity index is 2400. The lowest BCUT2D eigenvalue weighted by Crippen LogP contribution is -2.59. The van der Waals surface area contributed by atoms with Crippen LogP contribution < -0.4 is 55.3 Å². The first-order valence-corrected chi connectivity index (χ1v) is 24.5. The lowest BCUT2D eigenvalue weighted by atomic mass is 10.0. The van der Waals surface area contributed by atoms with Crippen LogP contribution >= 0.6 is 0 Å². The number of aliphatic imine (C=N–C) groups is 2. The van der Waals surface area contributed by atoms with Gasteiger partial charge in [0, 0.05) is 45.6 Å². The summed E-state index contributed by atoms with van der Waals surface area (Å²) in [5.74, 6) is -7.08. The highest BCUT2D eigenvalue weighted by Crippen LogP contribution is 2.26. The van der Waals surface area contributed by atoms with Crippen LogP contribution in [0.25, 0.3) is 0 Å². The number of aliphatic carboxylic acids is 1. The molecule has 7 atom stereocenters. The van der Waals surface area contributed by atoms with Gasteiger partial charge in [0.15, 0.2) is 11.9 Å². The van der Waals surface area contributed by atoms with Crippen LogP contribution in [0.5, 0.6) is 0 Å². The van der Waals surface area contributed by atoms with Gasteiger partial charge in [0.1, 0.15) is 36.3 Å². The van der Waals surface area contributed by atoms with Crippen LogP contribution in [0.15, 0.2) is 64.6 Å². The highest BCUT2D eigenvalue weighted by Gasteiger charge is 2.43. The quantitative estimate of drug-likeness (QED) is 0.0253. The van der Waals surface area contributed by atoms with Crippen LogP contribution in [0.3, 0.4) is 0 Å². The third-order valence-corrected chi connectivity index (χ3v) is 12.9. The van der Waals surface area contributed by atoms with Crippen molar-refractivity contribution in [2.24, 2.45) is 38.7 Å². The predicted octanol–water partition coefficient (Wildman–Crippen LogP) is -4.64. The monoisotopic (exact) mass is 1030 g/mol. The number of nitrogens with zero attached hydrogens (tertiary/aromatic N) is 5. The van der Waals surface area contributed by atoms with E-state index < -0.39 is 115 Å². The lowest BCUT2D eigenvalue weighted by Gasteiger charge is -2.32. The molecular weight excluding hydrogens is 963 g/mol. The van der Waals surface area contributed by atoms with Gasteiger partial charge in [-0.3, -0.25) is 48.3 Å². The number of amides is 8. The molecule has 0 radical (unpaired) electrons. The van der Waals surface area contributed by atoms with Crippen molar-refractivity contribution in [3.63, 3.8) is 0 Å². The van der Waals surface area contributed by atoms with Gasteiger partial charge in [-0.05, 0) is 68.1 Å². The van der Waals surface area contributed by atoms with Crippen LogP contribution in [0.1, 0.15) is 68.1 Å². The van der Waals surface area contributed by atoms with E-state index in [2.05, 4.69) is 36.6 Å². The first-order valence-electron chi connectivity index (χ1n) is 24.5. The van der Waals surface area contributed by atoms with E-state index in [1.807, 2.05) is 0 Å². The number of fused-ring (bicyclic) bond motifs is 1. The van der Waals surface area contributed by atoms with Gasteiger partial charge in [-0.25, -0.2) is 4.79 Å². The highest BCUT2D eigenvalue weighted by molar-refractivity contribution is 5.97. The van der Waals surface area contributed by atoms with Crippen LogP contribution in [-0.2, 0) is 62.5 Å². The number of hydrogen-bond acceptors (Lipinski definition) is 13. The summed E-state index contributed by atoms with van der Waals surface area (Å²) in [6.07, 6.45) is 2.61. The Morgan fingerprint density at radius 2 is 1.32 bits per heavy atom. The topological polar surface area (TPSA) is 419 Å². The maximum atomic E-state index is 14.1. The molecule has 8 amide bonds. The maximum Gasteiger partial charge on any atom is 0.326 e. The van der Waals surface area contributed by atoms with E-state index in [1.165, 1.54) is 9.80 Å². The highest BCUT2D eigenvalue weighted by atomic mass is 16.4. The SMILES string of the molecule is NC(N)=NCCC[C@H](NC(=O)CN1Cc2ccccc2C[C@@H](NC(=O)[C@H](CO)NC(=O)[C@H](Cc2ccccc2)NC(=O)CNC(=O)[C@@H]2CCCN2C(=O)[C@@H]2CCCN2C(=O)[C@@H](N)CCCN=C(N)N)C1=O)C(=O)O. The second kappa shape index (κ2) is 27.8. The Kier molecular flexibility index (Phi) is 21.4. The molecule has 3 heterocycles. The molecule has 0 spiro atoms. The number of carboxylic acid groups (broad SMARTS) is 1. The zero-order chi connectivity index (χ0) is 53.9. The average molecular weight is 1030 g/mol. The van der Waals surface area contributed by atoms with Crippen molar-refractivity contribution in [1.82, 2.24) is 41.3 Å². The van der Waals surface area contributed by atoms with Gasteiger partial charge in [-0.15, -0.1) is 0 Å². The molecule has 2 fully saturated rings. The van der Waals surface area contributed by atoms with Crippen LogP contribution in [-0.4, -0.2) is 178 Å². The molecule has 0 saturated carbocycles. The number of nitrogens with one attached hydrogen (secondary N) is 5. The summed E-state index contributed by atoms with van der Waals surface area (Å²) in [6, 6.07) is 7.30. The van der Waals surface area contributed by atoms with E-state index in [-0.39, 0.29) is 57.2 Å². The smallest absolute Gasteiger partial charge is 0.326 e. The number of aliphatic hydroxyl groups excluding tert-OH is 1. The standard InChI is InChI=1S/C48H69N15O11/c49-31(14-6-18-54-47(50)51)43(70)63-21-9-17-37(63)45(72)62-20-8-16-36(62)42(69)56-24-38(65)58-33(22-28-10-2-1-3-11-28)40(67)60-35(27-64)41(68)59-34-23-29-12-4-5-13-30(29)25-61(44(34)71)26-39(66)57-32(46(73)74)15-7-19-55-48(52)53/h1-5,10-13,31-37,64H,6-9,14-27,49H2,(H,56,69)(H,57,66)(H,58,65)(H,59,68)(H,60,67)(H,73,74)(H4,50,51,54)(H4,52,53,55)/t31-,32-,33-,34+,35-,36-,37-/m0/s1. The van der Waals surface area contributed by atoms with Crippen LogP contribution in [0, 0.1) is 0 Å². The molecule has 0 unspecified atom stereocenters. The van der Waals surface area contributed by atoms with Crippen molar-refractivity contribution >= 4 is 65.1 Å². The third kappa shape index (κ3) is 16.6. The Labute approximate surface area is 427 Å². The van der Waals surface area contributed by atoms with Gasteiger partial charge in [0.25, 0.3) is 0 Å². The minimum absolute atomic E-state index is 0.00846. The van der Waals surface area contributed by atoms with Gasteiger partial charge in [-0.1, -0.05) is 54.6 Å². The summed E-state index contributed by atoms with van der Waals surface area (Å²) >= 11 is 0. The fourth-order valence-electron chi connectivity index (χ4n) is 9.11. The van der Waals surface area contributed by atoms with Crippen LogP contribution in [0.4, 0.5) is 0 Å². The number of guanidine groups is 2. The van der Waals surface area contributed by atoms with Crippen molar-refractivity contribution in [2.45, 2.75) is 113 Å². The third-order valence-electron chi connectivity index (χ3n) is 12.9. The normalized spacial score (nSPS) is 18.8. The van der Waals surface area contributed by atoms with Crippen molar-refractivity contribution < 1.29 is 53.4 Å². The van der Waals surface area contributed by atoms with Crippen molar-refractivity contribution in [3.8, 4) is 0 Å². The van der Waals surface area contributed by atoms with Gasteiger partial charge >= 0.3 is 5.97 Å². The fourth-order valence-corrected chi connectivity index (χ4v) is 9.11. The summed E-state index contributed by atoms with van der Waals surface area (Å²) in [6.45, 7) is -1.16. The molecule has 2 aromatic rings. The molecule has 3 aliphatic heterocycles. The molecular formula is C48H69N15O11. The van der Waals surface area contributed by atoms with Gasteiger partial charge in [-0.2, -0.15) is 0 Å². The van der Waals surface area contributed by atoms with E-state index in [1.54, 1.807) is 54.6 Å². The molecule has 74 heavy (non-hydrogen) atoms. The summed E-state index contributed by atoms with van der Waals surface area (Å²) in [4.78, 5) is 133. The second-order valence-corrected chi connectivity index (χ2v) is 18.3. The average Bonchev–Trinajstić information content (AvgIpc) is 4.05. The fraction of sp³-hybridized carbons (Fsp3) is 0.521. The molecule has 3 aliphatic rings. The molecule has 2 saturated heterocycles. The molecule has 0 bridgehead atoms. The summed E-state index contributed by atoms with van der Waals surface area (Å²) in [5, 5.41) is 32.8. The molecule has 17 N–H and O–H groups in total. The van der Waals surface area contributed by atoms with Gasteiger partial charge in [0.05, 0.1) is 25.7 Å². The van der Waals surface area contributed by atoms with E-state index in [9.17, 15) is 53.4 Å². The Hall–Kier alpha value is -7.87. The number of rotatable bonds is 25. The molecule has 0 aliphatic carbocycles. The number of nitrogens with two attached hydrogens (primary N) is 5. The Balaban J connectivity index is 1.20. The minimum atomic E-state index is -1.64. The first kappa shape index (κ1) is 57.0. The number of carbonyl (C=O) groups is 9. The Morgan fingerprint density at radius 3 is 1.97 bits per heavy atom. The van der Waals surface area contributed by atoms with Gasteiger partial charge in [0.2, 0.25) is 47.3 Å². The van der Waals surface area contributed by atoms with Crippen molar-refractivity contribution in [2.75, 3.05) is 45.9 Å². The summed E-state index contributed by atoms with van der Waals surface area (Å²) in [7, 11) is 0. The zero-order valence-corrected chi connectivity index (χ0v) is 41.2. The number of likely N-dealkylation sites (tertiary alicyclic amines) is 2. The van der Waals surface area contributed by atoms with Gasteiger partial charge < -0.3 is 80.2 Å². The second-order valence-electron chi connectivity index (χ2n) is 18.3. The Morgan fingerprint density at radius 1 is 0.716 bits per heavy atom. The van der Waals surface area contributed by atoms with Crippen molar-refractivity contribution in [1.29, 1.82) is 0 Å². The number of carbonyl (C=O) groups excluding carboxylic acids is 8. The first-order chi connectivity index (χ1) is 35.4. The maximum absolute atomic E-state index is 14.1. The van der Waals surface area contributed by atoms with E-state index in [4.69, 9.17) is 28.7 Å². The number of benzene rings is 2. The summed E-state index contributed by atoms with van der Waals surface area (Å²) < 4.78 is 0. The van der Waals surface area contributed by atoms with E-state index >= 15 is 0 Å². The largest absolute Gasteiger partial charge is 0.480 e. The number of hydrogen-bond donors (Lipinski definition) is 12. The van der Waals surface area contributed by atoms with E-state index in [0.29, 0.717) is 68.3 Å². The lowest BCUT2D eigenvalue weighted by molar-refractivity contribution is -0.147. The number of aliphatic hydroxyl groups is 1. The molecule has 26 heteroatoms. The predicted molar refractivity (Wildman–Crippen MR) is 268 cm³/mol. The zero-order valence-electron chi connectivity index (χ0n) is 41.2. The summed E-state index contributed by atoms with van der Waals surface area (Å²) in [5.41, 5.74) is 29.5. The number of carboxylic acids is 1.